The summed E-state index contributed by atoms with van der Waals surface area (Å²) in [6.07, 6.45) is 0.561. The fourth-order valence-corrected chi connectivity index (χ4v) is 2.25. The molecule has 0 saturated heterocycles. The van der Waals surface area contributed by atoms with Crippen LogP contribution in [-0.4, -0.2) is 0 Å². The summed E-state index contributed by atoms with van der Waals surface area (Å²) in [5.41, 5.74) is 6.93. The number of nitrogens with two attached hydrogens (primary N) is 1. The van der Waals surface area contributed by atoms with Gasteiger partial charge in [0, 0.05) is 10.0 Å². The molecule has 90 valence electrons. The van der Waals surface area contributed by atoms with Gasteiger partial charge in [-0.2, -0.15) is 0 Å². The van der Waals surface area contributed by atoms with Crippen LogP contribution in [-0.2, 0) is 6.42 Å². The molecule has 0 aliphatic heterocycles. The molecule has 0 saturated carbocycles. The quantitative estimate of drug-likeness (QED) is 0.910. The minimum atomic E-state index is -0.235. The minimum Gasteiger partial charge on any atom is -0.465 e. The zero-order valence-electron chi connectivity index (χ0n) is 9.41. The summed E-state index contributed by atoms with van der Waals surface area (Å²) in [6.45, 7) is 1.89. The van der Waals surface area contributed by atoms with Crippen LogP contribution in [0.15, 0.2) is 34.7 Å². The van der Waals surface area contributed by atoms with Crippen LogP contribution in [0.5, 0.6) is 0 Å². The van der Waals surface area contributed by atoms with Crippen molar-refractivity contribution in [2.24, 2.45) is 5.73 Å². The number of aryl methyl sites for hydroxylation is 1. The number of hydrogen-bond donors (Lipinski definition) is 1. The van der Waals surface area contributed by atoms with Crippen LogP contribution in [0.4, 0.5) is 0 Å². The highest BCUT2D eigenvalue weighted by Crippen LogP contribution is 2.28. The van der Waals surface area contributed by atoms with Crippen molar-refractivity contribution in [2.45, 2.75) is 19.4 Å². The average Bonchev–Trinajstić information content (AvgIpc) is 2.70. The summed E-state index contributed by atoms with van der Waals surface area (Å²) in [7, 11) is 0. The van der Waals surface area contributed by atoms with E-state index in [1.54, 1.807) is 0 Å². The minimum absolute atomic E-state index is 0.235. The molecule has 17 heavy (non-hydrogen) atoms. The topological polar surface area (TPSA) is 39.2 Å². The molecule has 0 spiro atoms. The van der Waals surface area contributed by atoms with Gasteiger partial charge in [0.05, 0.1) is 6.04 Å². The molecule has 2 rings (SSSR count). The second-order valence-corrected chi connectivity index (χ2v) is 4.77. The lowest BCUT2D eigenvalue weighted by molar-refractivity contribution is 0.445. The number of benzene rings is 1. The van der Waals surface area contributed by atoms with Crippen LogP contribution in [0.25, 0.3) is 0 Å². The van der Waals surface area contributed by atoms with Gasteiger partial charge in [-0.25, -0.2) is 0 Å². The first-order chi connectivity index (χ1) is 8.08. The van der Waals surface area contributed by atoms with Gasteiger partial charge in [0.2, 0.25) is 0 Å². The molecular weight excluding hydrogens is 257 g/mol. The zero-order chi connectivity index (χ0) is 12.4. The van der Waals surface area contributed by atoms with E-state index in [9.17, 15) is 0 Å². The van der Waals surface area contributed by atoms with Crippen molar-refractivity contribution in [3.05, 3.63) is 57.5 Å². The number of halogens is 2. The van der Waals surface area contributed by atoms with Gasteiger partial charge in [-0.3, -0.25) is 0 Å². The molecule has 1 atom stereocenters. The molecule has 1 aromatic heterocycles. The third-order valence-corrected chi connectivity index (χ3v) is 3.32. The Kier molecular flexibility index (Phi) is 3.77. The molecule has 0 radical (unpaired) electrons. The molecule has 0 fully saturated rings. The standard InChI is InChI=1S/C13H13Cl2NO/c1-8-5-6-13(17-8)12(16)7-9-10(14)3-2-4-11(9)15/h2-6,12H,7,16H2,1H3. The predicted octanol–water partition coefficient (Wildman–Crippen LogP) is 4.14. The highest BCUT2D eigenvalue weighted by Gasteiger charge is 2.14. The number of hydrogen-bond acceptors (Lipinski definition) is 2. The molecule has 0 aliphatic carbocycles. The van der Waals surface area contributed by atoms with E-state index in [1.807, 2.05) is 37.3 Å². The molecule has 2 N–H and O–H groups in total. The van der Waals surface area contributed by atoms with E-state index in [0.29, 0.717) is 16.5 Å². The molecule has 2 nitrogen and oxygen atoms in total. The van der Waals surface area contributed by atoms with E-state index in [2.05, 4.69) is 0 Å². The van der Waals surface area contributed by atoms with Crippen LogP contribution >= 0.6 is 23.2 Å². The fraction of sp³-hybridized carbons (Fsp3) is 0.231. The van der Waals surface area contributed by atoms with Gasteiger partial charge in [-0.05, 0) is 43.2 Å². The molecular formula is C13H13Cl2NO. The van der Waals surface area contributed by atoms with E-state index >= 15 is 0 Å². The molecule has 2 aromatic rings. The highest BCUT2D eigenvalue weighted by molar-refractivity contribution is 6.35. The van der Waals surface area contributed by atoms with Crippen molar-refractivity contribution >= 4 is 23.2 Å². The Morgan fingerprint density at radius 2 is 1.82 bits per heavy atom. The fourth-order valence-electron chi connectivity index (χ4n) is 1.70. The first-order valence-corrected chi connectivity index (χ1v) is 6.08. The molecule has 1 aromatic carbocycles. The summed E-state index contributed by atoms with van der Waals surface area (Å²) in [5, 5.41) is 1.27. The maximum absolute atomic E-state index is 6.10. The molecule has 0 aliphatic rings. The molecule has 0 bridgehead atoms. The van der Waals surface area contributed by atoms with Crippen molar-refractivity contribution in [1.29, 1.82) is 0 Å². The SMILES string of the molecule is Cc1ccc(C(N)Cc2c(Cl)cccc2Cl)o1. The Balaban J connectivity index is 2.21. The van der Waals surface area contributed by atoms with E-state index in [-0.39, 0.29) is 6.04 Å². The average molecular weight is 270 g/mol. The molecule has 4 heteroatoms. The Morgan fingerprint density at radius 3 is 2.35 bits per heavy atom. The van der Waals surface area contributed by atoms with Crippen molar-refractivity contribution in [2.75, 3.05) is 0 Å². The van der Waals surface area contributed by atoms with Gasteiger partial charge in [0.25, 0.3) is 0 Å². The van der Waals surface area contributed by atoms with Crippen LogP contribution in [0.1, 0.15) is 23.1 Å². The second-order valence-electron chi connectivity index (χ2n) is 3.96. The smallest absolute Gasteiger partial charge is 0.121 e. The van der Waals surface area contributed by atoms with Gasteiger partial charge in [-0.1, -0.05) is 29.3 Å². The molecule has 1 unspecified atom stereocenters. The lowest BCUT2D eigenvalue weighted by Gasteiger charge is -2.11. The van der Waals surface area contributed by atoms with Gasteiger partial charge in [0.15, 0.2) is 0 Å². The van der Waals surface area contributed by atoms with Gasteiger partial charge in [0.1, 0.15) is 11.5 Å². The van der Waals surface area contributed by atoms with E-state index in [0.717, 1.165) is 17.1 Å². The van der Waals surface area contributed by atoms with Crippen molar-refractivity contribution < 1.29 is 4.42 Å². The summed E-state index contributed by atoms with van der Waals surface area (Å²) < 4.78 is 5.49. The lowest BCUT2D eigenvalue weighted by atomic mass is 10.0. The number of furan rings is 1. The van der Waals surface area contributed by atoms with E-state index < -0.39 is 0 Å². The van der Waals surface area contributed by atoms with Crippen molar-refractivity contribution in [3.8, 4) is 0 Å². The monoisotopic (exact) mass is 269 g/mol. The lowest BCUT2D eigenvalue weighted by Crippen LogP contribution is -2.13. The highest BCUT2D eigenvalue weighted by atomic mass is 35.5. The summed E-state index contributed by atoms with van der Waals surface area (Å²) >= 11 is 12.2. The van der Waals surface area contributed by atoms with Crippen molar-refractivity contribution in [3.63, 3.8) is 0 Å². The van der Waals surface area contributed by atoms with Crippen LogP contribution < -0.4 is 5.73 Å². The maximum Gasteiger partial charge on any atom is 0.121 e. The summed E-state index contributed by atoms with van der Waals surface area (Å²) in [4.78, 5) is 0. The third-order valence-electron chi connectivity index (χ3n) is 2.61. The Hall–Kier alpha value is -0.960. The van der Waals surface area contributed by atoms with Gasteiger partial charge < -0.3 is 10.2 Å². The van der Waals surface area contributed by atoms with E-state index in [4.69, 9.17) is 33.4 Å². The largest absolute Gasteiger partial charge is 0.465 e. The van der Waals surface area contributed by atoms with Crippen LogP contribution in [0.2, 0.25) is 10.0 Å². The second kappa shape index (κ2) is 5.13. The van der Waals surface area contributed by atoms with Gasteiger partial charge >= 0.3 is 0 Å². The first kappa shape index (κ1) is 12.5. The first-order valence-electron chi connectivity index (χ1n) is 5.32. The number of rotatable bonds is 3. The Labute approximate surface area is 110 Å². The van der Waals surface area contributed by atoms with E-state index in [1.165, 1.54) is 0 Å². The normalized spacial score (nSPS) is 12.7. The van der Waals surface area contributed by atoms with Crippen LogP contribution in [0.3, 0.4) is 0 Å². The third kappa shape index (κ3) is 2.83. The Morgan fingerprint density at radius 1 is 1.18 bits per heavy atom. The Bertz CT molecular complexity index is 502. The maximum atomic E-state index is 6.10. The zero-order valence-corrected chi connectivity index (χ0v) is 10.9. The van der Waals surface area contributed by atoms with Crippen LogP contribution in [0, 0.1) is 6.92 Å². The molecule has 0 amide bonds. The predicted molar refractivity (Wildman–Crippen MR) is 70.5 cm³/mol. The molecule has 1 heterocycles. The summed E-state index contributed by atoms with van der Waals surface area (Å²) in [6, 6.07) is 8.97. The van der Waals surface area contributed by atoms with Crippen molar-refractivity contribution in [1.82, 2.24) is 0 Å². The summed E-state index contributed by atoms with van der Waals surface area (Å²) in [5.74, 6) is 1.60. The van der Waals surface area contributed by atoms with Gasteiger partial charge in [-0.15, -0.1) is 0 Å².